The van der Waals surface area contributed by atoms with Gasteiger partial charge in [-0.25, -0.2) is 9.09 Å². The summed E-state index contributed by atoms with van der Waals surface area (Å²) in [5.41, 5.74) is 1.93. The summed E-state index contributed by atoms with van der Waals surface area (Å²) in [6.45, 7) is 4.32. The van der Waals surface area contributed by atoms with Crippen molar-refractivity contribution in [2.75, 3.05) is 6.79 Å². The molecule has 0 saturated heterocycles. The van der Waals surface area contributed by atoms with Gasteiger partial charge >= 0.3 is 7.82 Å². The van der Waals surface area contributed by atoms with Crippen LogP contribution in [0.1, 0.15) is 71.6 Å². The third-order valence-corrected chi connectivity index (χ3v) is 9.41. The molecule has 8 heteroatoms. The van der Waals surface area contributed by atoms with Crippen LogP contribution in [-0.4, -0.2) is 28.6 Å². The fourth-order valence-corrected chi connectivity index (χ4v) is 7.59. The molecule has 4 aliphatic carbocycles. The number of ketones is 1. The molecule has 2 N–H and O–H groups in total. The van der Waals surface area contributed by atoms with Crippen LogP contribution in [0.15, 0.2) is 16.8 Å². The number of phosphoric acid groups is 1. The van der Waals surface area contributed by atoms with Gasteiger partial charge in [0.1, 0.15) is 0 Å². The Bertz CT molecular complexity index is 790. The van der Waals surface area contributed by atoms with Gasteiger partial charge in [-0.05, 0) is 91.9 Å². The summed E-state index contributed by atoms with van der Waals surface area (Å²) in [5.74, 6) is 3.04. The Morgan fingerprint density at radius 2 is 1.97 bits per heavy atom. The summed E-state index contributed by atoms with van der Waals surface area (Å²) in [5, 5.41) is 3.83. The Morgan fingerprint density at radius 1 is 1.17 bits per heavy atom. The van der Waals surface area contributed by atoms with Crippen molar-refractivity contribution in [3.8, 4) is 0 Å². The molecule has 0 aliphatic heterocycles. The van der Waals surface area contributed by atoms with Crippen molar-refractivity contribution in [3.05, 3.63) is 11.6 Å². The highest BCUT2D eigenvalue weighted by molar-refractivity contribution is 7.46. The standard InChI is InChI=1S/C22H34NO6P/c1-21-11-8-20-18(5-3-16-13-17(24)7-10-22(16,20)2)19(21)6-4-15(21)9-12-23-28-14-29-30(25,26)27/h12-13,15,18-20H,3-11,14H2,1-2H3,(H2,25,26,27)/b23-12+. The van der Waals surface area contributed by atoms with Crippen LogP contribution in [0, 0.1) is 34.5 Å². The summed E-state index contributed by atoms with van der Waals surface area (Å²) < 4.78 is 14.9. The molecule has 0 heterocycles. The van der Waals surface area contributed by atoms with E-state index in [-0.39, 0.29) is 5.41 Å². The lowest BCUT2D eigenvalue weighted by molar-refractivity contribution is -0.117. The summed E-state index contributed by atoms with van der Waals surface area (Å²) in [6.07, 6.45) is 13.4. The highest BCUT2D eigenvalue weighted by Crippen LogP contribution is 2.66. The van der Waals surface area contributed by atoms with Gasteiger partial charge < -0.3 is 14.6 Å². The average molecular weight is 439 g/mol. The Balaban J connectivity index is 1.39. The van der Waals surface area contributed by atoms with Crippen molar-refractivity contribution in [3.63, 3.8) is 0 Å². The van der Waals surface area contributed by atoms with Gasteiger partial charge in [-0.2, -0.15) is 0 Å². The molecule has 6 unspecified atom stereocenters. The molecular formula is C22H34NO6P. The van der Waals surface area contributed by atoms with Crippen LogP contribution < -0.4 is 0 Å². The van der Waals surface area contributed by atoms with Crippen LogP contribution >= 0.6 is 7.82 Å². The minimum absolute atomic E-state index is 0.213. The van der Waals surface area contributed by atoms with Crippen molar-refractivity contribution in [1.29, 1.82) is 0 Å². The SMILES string of the molecule is CC12CCC(=O)C=C1CCC1C2CCC2(C)C(C/C=N/OCOP(=O)(O)O)CCC12. The Morgan fingerprint density at radius 3 is 2.73 bits per heavy atom. The number of nitrogens with zero attached hydrogens (tertiary/aromatic N) is 1. The van der Waals surface area contributed by atoms with Crippen molar-refractivity contribution in [2.24, 2.45) is 39.7 Å². The van der Waals surface area contributed by atoms with E-state index in [1.165, 1.54) is 37.7 Å². The van der Waals surface area contributed by atoms with E-state index in [4.69, 9.17) is 14.6 Å². The minimum Gasteiger partial charge on any atom is -0.367 e. The first-order valence-electron chi connectivity index (χ1n) is 11.2. The zero-order valence-electron chi connectivity index (χ0n) is 18.0. The zero-order valence-corrected chi connectivity index (χ0v) is 18.9. The van der Waals surface area contributed by atoms with E-state index in [2.05, 4.69) is 23.5 Å². The van der Waals surface area contributed by atoms with E-state index in [9.17, 15) is 9.36 Å². The third kappa shape index (κ3) is 4.06. The molecule has 3 fully saturated rings. The van der Waals surface area contributed by atoms with Crippen LogP contribution in [0.25, 0.3) is 0 Å². The number of hydrogen-bond acceptors (Lipinski definition) is 5. The van der Waals surface area contributed by atoms with Gasteiger partial charge in [0.25, 0.3) is 0 Å². The number of fused-ring (bicyclic) bond motifs is 5. The quantitative estimate of drug-likeness (QED) is 0.206. The minimum atomic E-state index is -4.52. The van der Waals surface area contributed by atoms with Crippen molar-refractivity contribution >= 4 is 19.8 Å². The van der Waals surface area contributed by atoms with Gasteiger partial charge in [0.15, 0.2) is 5.78 Å². The topological polar surface area (TPSA) is 105 Å². The highest BCUT2D eigenvalue weighted by Gasteiger charge is 2.58. The molecule has 4 aliphatic rings. The molecule has 0 aromatic heterocycles. The smallest absolute Gasteiger partial charge is 0.367 e. The number of carbonyl (C=O) groups is 1. The number of allylic oxidation sites excluding steroid dienone is 1. The highest BCUT2D eigenvalue weighted by atomic mass is 31.2. The third-order valence-electron chi connectivity index (χ3n) is 8.97. The predicted octanol–water partition coefficient (Wildman–Crippen LogP) is 4.59. The van der Waals surface area contributed by atoms with E-state index in [1.807, 2.05) is 6.08 Å². The molecule has 3 saturated carbocycles. The van der Waals surface area contributed by atoms with Gasteiger partial charge in [-0.3, -0.25) is 4.79 Å². The number of oxime groups is 1. The molecule has 0 amide bonds. The first kappa shape index (κ1) is 22.2. The van der Waals surface area contributed by atoms with Crippen LogP contribution in [0.2, 0.25) is 0 Å². The lowest BCUT2D eigenvalue weighted by Gasteiger charge is -2.58. The summed E-state index contributed by atoms with van der Waals surface area (Å²) in [4.78, 5) is 34.1. The summed E-state index contributed by atoms with van der Waals surface area (Å²) in [7, 11) is -4.52. The van der Waals surface area contributed by atoms with Crippen molar-refractivity contribution in [1.82, 2.24) is 0 Å². The summed E-state index contributed by atoms with van der Waals surface area (Å²) >= 11 is 0. The van der Waals surface area contributed by atoms with Gasteiger partial charge in [-0.1, -0.05) is 24.6 Å². The lowest BCUT2D eigenvalue weighted by Crippen LogP contribution is -2.50. The van der Waals surface area contributed by atoms with Crippen LogP contribution in [-0.2, 0) is 18.7 Å². The monoisotopic (exact) mass is 439 g/mol. The van der Waals surface area contributed by atoms with E-state index in [1.54, 1.807) is 6.21 Å². The van der Waals surface area contributed by atoms with E-state index < -0.39 is 14.6 Å². The maximum Gasteiger partial charge on any atom is 0.472 e. The van der Waals surface area contributed by atoms with Crippen LogP contribution in [0.5, 0.6) is 0 Å². The first-order valence-corrected chi connectivity index (χ1v) is 12.7. The molecule has 6 atom stereocenters. The molecule has 4 rings (SSSR count). The predicted molar refractivity (Wildman–Crippen MR) is 112 cm³/mol. The number of carbonyl (C=O) groups excluding carboxylic acids is 1. The Labute approximate surface area is 178 Å². The lowest BCUT2D eigenvalue weighted by atomic mass is 9.47. The van der Waals surface area contributed by atoms with Crippen molar-refractivity contribution < 1.29 is 28.5 Å². The molecule has 0 aromatic rings. The second-order valence-corrected chi connectivity index (χ2v) is 11.4. The number of hydrogen-bond donors (Lipinski definition) is 2. The summed E-state index contributed by atoms with van der Waals surface area (Å²) in [6, 6.07) is 0. The Hall–Kier alpha value is -1.01. The van der Waals surface area contributed by atoms with Gasteiger partial charge in [0.2, 0.25) is 6.79 Å². The van der Waals surface area contributed by atoms with Crippen LogP contribution in [0.4, 0.5) is 0 Å². The van der Waals surface area contributed by atoms with E-state index in [0.717, 1.165) is 31.1 Å². The molecule has 30 heavy (non-hydrogen) atoms. The maximum absolute atomic E-state index is 12.0. The van der Waals surface area contributed by atoms with Crippen LogP contribution in [0.3, 0.4) is 0 Å². The van der Waals surface area contributed by atoms with Gasteiger partial charge in [0.05, 0.1) is 0 Å². The second kappa shape index (κ2) is 8.16. The normalized spacial score (nSPS) is 41.2. The Kier molecular flexibility index (Phi) is 6.04. The molecule has 7 nitrogen and oxygen atoms in total. The number of rotatable bonds is 6. The fraction of sp³-hybridized carbons (Fsp3) is 0.818. The van der Waals surface area contributed by atoms with Crippen molar-refractivity contribution in [2.45, 2.75) is 71.6 Å². The zero-order chi connectivity index (χ0) is 21.6. The van der Waals surface area contributed by atoms with E-state index in [0.29, 0.717) is 29.5 Å². The number of phosphoric ester groups is 1. The van der Waals surface area contributed by atoms with E-state index >= 15 is 0 Å². The molecule has 168 valence electrons. The average Bonchev–Trinajstić information content (AvgIpc) is 3.01. The molecule has 0 spiro atoms. The van der Waals surface area contributed by atoms with Gasteiger partial charge in [-0.15, -0.1) is 0 Å². The first-order chi connectivity index (χ1) is 14.1. The molecule has 0 bridgehead atoms. The molecule has 0 radical (unpaired) electrons. The molecular weight excluding hydrogens is 405 g/mol. The second-order valence-electron chi connectivity index (χ2n) is 10.2. The largest absolute Gasteiger partial charge is 0.472 e. The van der Waals surface area contributed by atoms with Gasteiger partial charge in [0, 0.05) is 12.6 Å². The maximum atomic E-state index is 12.0. The molecule has 0 aromatic carbocycles. The fourth-order valence-electron chi connectivity index (χ4n) is 7.40.